The molecule has 0 spiro atoms. The number of fused-ring (bicyclic) bond motifs is 5. The molecule has 4 rings (SSSR count). The zero-order valence-electron chi connectivity index (χ0n) is 29.5. The lowest BCUT2D eigenvalue weighted by Gasteiger charge is -2.42. The normalized spacial score (nSPS) is 33.6. The number of ether oxygens (including phenoxy) is 5. The van der Waals surface area contributed by atoms with Gasteiger partial charge in [0.15, 0.2) is 5.72 Å². The van der Waals surface area contributed by atoms with Crippen molar-refractivity contribution in [2.45, 2.75) is 109 Å². The van der Waals surface area contributed by atoms with Gasteiger partial charge in [-0.1, -0.05) is 42.3 Å². The van der Waals surface area contributed by atoms with Crippen LogP contribution in [0.1, 0.15) is 59.9 Å². The first-order chi connectivity index (χ1) is 22.4. The predicted octanol–water partition coefficient (Wildman–Crippen LogP) is 4.40. The van der Waals surface area contributed by atoms with Crippen LogP contribution in [0.4, 0.5) is 10.5 Å². The van der Waals surface area contributed by atoms with Gasteiger partial charge in [0.2, 0.25) is 5.91 Å². The zero-order chi connectivity index (χ0) is 35.7. The number of alkyl carbamates (subject to hydrolysis) is 1. The molecule has 0 saturated carbocycles. The van der Waals surface area contributed by atoms with Crippen LogP contribution >= 0.6 is 11.6 Å². The first-order valence-electron chi connectivity index (χ1n) is 16.3. The Bertz CT molecular complexity index is 1450. The van der Waals surface area contributed by atoms with Gasteiger partial charge in [0, 0.05) is 32.5 Å². The van der Waals surface area contributed by atoms with E-state index in [9.17, 15) is 19.5 Å². The summed E-state index contributed by atoms with van der Waals surface area (Å²) >= 11 is 6.74. The number of allylic oxidation sites excluding steroid dienone is 3. The average molecular weight is 692 g/mol. The fraction of sp³-hybridized carbons (Fsp3) is 0.629. The van der Waals surface area contributed by atoms with Gasteiger partial charge >= 0.3 is 12.1 Å². The van der Waals surface area contributed by atoms with Crippen LogP contribution in [0.5, 0.6) is 5.75 Å². The highest BCUT2D eigenvalue weighted by molar-refractivity contribution is 6.35. The molecule has 48 heavy (non-hydrogen) atoms. The molecule has 13 heteroatoms. The third kappa shape index (κ3) is 7.83. The first-order valence-corrected chi connectivity index (χ1v) is 16.6. The van der Waals surface area contributed by atoms with Crippen LogP contribution in [0.25, 0.3) is 0 Å². The van der Waals surface area contributed by atoms with Gasteiger partial charge in [0.25, 0.3) is 0 Å². The minimum absolute atomic E-state index is 0.00609. The Morgan fingerprint density at radius 1 is 1.23 bits per heavy atom. The van der Waals surface area contributed by atoms with E-state index < -0.39 is 59.8 Å². The molecule has 0 aliphatic carbocycles. The molecule has 1 aromatic carbocycles. The number of halogens is 1. The summed E-state index contributed by atoms with van der Waals surface area (Å²) in [7, 11) is 6.41. The third-order valence-corrected chi connectivity index (χ3v) is 10.4. The Balaban J connectivity index is 1.79. The maximum absolute atomic E-state index is 14.0. The molecule has 2 unspecified atom stereocenters. The maximum Gasteiger partial charge on any atom is 0.409 e. The van der Waals surface area contributed by atoms with E-state index in [0.29, 0.717) is 17.9 Å². The number of hydrogen-bond donors (Lipinski definition) is 2. The van der Waals surface area contributed by atoms with Crippen molar-refractivity contribution >= 4 is 35.3 Å². The predicted molar refractivity (Wildman–Crippen MR) is 181 cm³/mol. The van der Waals surface area contributed by atoms with Gasteiger partial charge in [-0.25, -0.2) is 4.79 Å². The van der Waals surface area contributed by atoms with E-state index in [2.05, 4.69) is 5.32 Å². The van der Waals surface area contributed by atoms with Crippen molar-refractivity contribution in [3.63, 3.8) is 0 Å². The molecule has 3 aliphatic rings. The molecular weight excluding hydrogens is 642 g/mol. The summed E-state index contributed by atoms with van der Waals surface area (Å²) in [6.07, 6.45) is 1.52. The maximum atomic E-state index is 14.0. The highest BCUT2D eigenvalue weighted by Gasteiger charge is 2.64. The molecule has 2 saturated heterocycles. The number of rotatable bonds is 6. The van der Waals surface area contributed by atoms with Crippen LogP contribution in [-0.2, 0) is 35.0 Å². The smallest absolute Gasteiger partial charge is 0.409 e. The number of nitrogens with one attached hydrogen (secondary N) is 1. The number of nitrogens with zero attached hydrogens (tertiary/aromatic N) is 2. The fourth-order valence-corrected chi connectivity index (χ4v) is 6.77. The Morgan fingerprint density at radius 2 is 1.92 bits per heavy atom. The molecule has 2 N–H and O–H groups in total. The quantitative estimate of drug-likeness (QED) is 0.326. The van der Waals surface area contributed by atoms with Crippen LogP contribution in [0, 0.1) is 5.92 Å². The minimum Gasteiger partial charge on any atom is -0.495 e. The standard InChI is InChI=1S/C35H50ClN3O9/c1-19(2)38(7)22(5)32(41)47-28-17-29(40)39(8)24-15-23(16-25(44-9)30(24)36)14-20(3)12-11-13-27(45-10)35(43)18-26(46-33(42)37-35)21(4)31-34(28,6)48-31/h11-13,15-16,19,21-22,26-28,31,43H,14,17-18H2,1-10H3,(H,37,42)/b13-11+,20-12+/t21-,22+,26+,27-,28+,31?,34?,35+/m1/s1. The molecular formula is C35H50ClN3O9. The van der Waals surface area contributed by atoms with E-state index >= 15 is 0 Å². The van der Waals surface area contributed by atoms with Crippen LogP contribution in [0.15, 0.2) is 35.9 Å². The molecule has 3 heterocycles. The Hall–Kier alpha value is -3.16. The molecule has 3 aliphatic heterocycles. The van der Waals surface area contributed by atoms with Crippen molar-refractivity contribution in [2.24, 2.45) is 5.92 Å². The molecule has 2 amide bonds. The van der Waals surface area contributed by atoms with Crippen molar-refractivity contribution in [1.29, 1.82) is 0 Å². The number of methoxy groups -OCH3 is 2. The number of carbonyl (C=O) groups excluding carboxylic acids is 3. The second kappa shape index (κ2) is 14.8. The van der Waals surface area contributed by atoms with Gasteiger partial charge in [-0.3, -0.25) is 19.8 Å². The van der Waals surface area contributed by atoms with E-state index in [-0.39, 0.29) is 29.8 Å². The number of esters is 1. The monoisotopic (exact) mass is 691 g/mol. The van der Waals surface area contributed by atoms with Crippen LogP contribution < -0.4 is 15.0 Å². The second-order valence-electron chi connectivity index (χ2n) is 13.7. The molecule has 0 aromatic heterocycles. The largest absolute Gasteiger partial charge is 0.495 e. The second-order valence-corrected chi connectivity index (χ2v) is 14.0. The van der Waals surface area contributed by atoms with Crippen LogP contribution in [-0.4, -0.2) is 104 Å². The number of likely N-dealkylation sites (N-methyl/N-ethyl adjacent to an activating group) is 1. The first kappa shape index (κ1) is 37.7. The molecule has 2 fully saturated rings. The van der Waals surface area contributed by atoms with Gasteiger partial charge in [0.1, 0.15) is 40.7 Å². The third-order valence-electron chi connectivity index (χ3n) is 9.98. The molecule has 8 atom stereocenters. The topological polar surface area (TPSA) is 139 Å². The van der Waals surface area contributed by atoms with Gasteiger partial charge < -0.3 is 33.7 Å². The van der Waals surface area contributed by atoms with E-state index in [1.54, 1.807) is 33.0 Å². The Labute approximate surface area is 288 Å². The van der Waals surface area contributed by atoms with E-state index in [0.717, 1.165) is 11.1 Å². The number of anilines is 1. The fourth-order valence-electron chi connectivity index (χ4n) is 6.46. The molecule has 1 aromatic rings. The lowest BCUT2D eigenvalue weighted by atomic mass is 9.83. The molecule has 12 nitrogen and oxygen atoms in total. The highest BCUT2D eigenvalue weighted by atomic mass is 35.5. The summed E-state index contributed by atoms with van der Waals surface area (Å²) in [5.41, 5.74) is -0.654. The SMILES string of the molecule is COc1cc2cc(c1Cl)N(C)C(=O)C[C@H](OC(=O)[C@H](C)N(C)C(C)C)C1(C)OC1[C@H](C)[C@@H]1C[C@@](O)(NC(=O)O1)[C@H](OC)/C=C/C=C(\C)C2. The summed E-state index contributed by atoms with van der Waals surface area (Å²) < 4.78 is 29.2. The van der Waals surface area contributed by atoms with Crippen molar-refractivity contribution in [3.05, 3.63) is 46.5 Å². The van der Waals surface area contributed by atoms with Crippen molar-refractivity contribution in [1.82, 2.24) is 10.2 Å². The van der Waals surface area contributed by atoms with Crippen LogP contribution in [0.3, 0.4) is 0 Å². The van der Waals surface area contributed by atoms with Crippen molar-refractivity contribution in [3.8, 4) is 5.75 Å². The van der Waals surface area contributed by atoms with Gasteiger partial charge in [0.05, 0.1) is 25.3 Å². The summed E-state index contributed by atoms with van der Waals surface area (Å²) in [4.78, 5) is 43.6. The number of epoxide rings is 1. The summed E-state index contributed by atoms with van der Waals surface area (Å²) in [5.74, 6) is -0.920. The van der Waals surface area contributed by atoms with E-state index in [4.69, 9.17) is 35.3 Å². The number of aliphatic hydroxyl groups is 1. The Morgan fingerprint density at radius 3 is 2.54 bits per heavy atom. The number of benzene rings is 1. The lowest BCUT2D eigenvalue weighted by molar-refractivity contribution is -0.159. The zero-order valence-corrected chi connectivity index (χ0v) is 30.3. The van der Waals surface area contributed by atoms with Gasteiger partial charge in [-0.2, -0.15) is 0 Å². The molecule has 4 bridgehead atoms. The number of amides is 2. The Kier molecular flexibility index (Phi) is 11.6. The number of carbonyl (C=O) groups is 3. The summed E-state index contributed by atoms with van der Waals surface area (Å²) in [6.45, 7) is 11.2. The van der Waals surface area contributed by atoms with Crippen LogP contribution in [0.2, 0.25) is 5.02 Å². The van der Waals surface area contributed by atoms with Gasteiger partial charge in [-0.05, 0) is 65.8 Å². The summed E-state index contributed by atoms with van der Waals surface area (Å²) in [5, 5.41) is 14.5. The molecule has 266 valence electrons. The lowest BCUT2D eigenvalue weighted by Crippen LogP contribution is -2.63. The van der Waals surface area contributed by atoms with E-state index in [1.165, 1.54) is 19.1 Å². The van der Waals surface area contributed by atoms with Crippen molar-refractivity contribution in [2.75, 3.05) is 33.2 Å². The number of hydrogen-bond acceptors (Lipinski definition) is 10. The van der Waals surface area contributed by atoms with E-state index in [1.807, 2.05) is 57.9 Å². The van der Waals surface area contributed by atoms with Crippen molar-refractivity contribution < 1.29 is 43.2 Å². The summed E-state index contributed by atoms with van der Waals surface area (Å²) in [6, 6.07) is 3.11. The van der Waals surface area contributed by atoms with Gasteiger partial charge in [-0.15, -0.1) is 0 Å². The molecule has 0 radical (unpaired) electrons. The minimum atomic E-state index is -1.78. The average Bonchev–Trinajstić information content (AvgIpc) is 3.73. The highest BCUT2D eigenvalue weighted by Crippen LogP contribution is 2.49.